The molecule has 26 heavy (non-hydrogen) atoms. The van der Waals surface area contributed by atoms with Gasteiger partial charge in [-0.15, -0.1) is 0 Å². The van der Waals surface area contributed by atoms with Crippen LogP contribution in [0.3, 0.4) is 0 Å². The van der Waals surface area contributed by atoms with Crippen LogP contribution in [0.1, 0.15) is 13.3 Å². The summed E-state index contributed by atoms with van der Waals surface area (Å²) in [7, 11) is -1.00. The van der Waals surface area contributed by atoms with Gasteiger partial charge in [-0.3, -0.25) is 9.48 Å². The van der Waals surface area contributed by atoms with E-state index in [9.17, 15) is 13.2 Å². The fourth-order valence-electron chi connectivity index (χ4n) is 2.44. The molecule has 0 radical (unpaired) electrons. The molecular formula is C16H21ClN4O4S. The summed E-state index contributed by atoms with van der Waals surface area (Å²) < 4.78 is 33.3. The highest BCUT2D eigenvalue weighted by Gasteiger charge is 2.31. The number of carbonyl (C=O) groups is 1. The Bertz CT molecular complexity index is 863. The van der Waals surface area contributed by atoms with Gasteiger partial charge in [-0.05, 0) is 18.6 Å². The number of sulfonamides is 1. The predicted molar refractivity (Wildman–Crippen MR) is 98.9 cm³/mol. The van der Waals surface area contributed by atoms with Gasteiger partial charge < -0.3 is 10.1 Å². The largest absolute Gasteiger partial charge is 0.495 e. The molecule has 0 saturated carbocycles. The molecule has 2 rings (SSSR count). The first-order valence-corrected chi connectivity index (χ1v) is 9.73. The topological polar surface area (TPSA) is 93.5 Å². The van der Waals surface area contributed by atoms with E-state index in [0.717, 1.165) is 4.31 Å². The monoisotopic (exact) mass is 400 g/mol. The third-order valence-electron chi connectivity index (χ3n) is 3.60. The Morgan fingerprint density at radius 2 is 2.08 bits per heavy atom. The maximum atomic E-state index is 12.9. The molecule has 0 bridgehead atoms. The van der Waals surface area contributed by atoms with E-state index in [1.807, 2.05) is 6.92 Å². The third-order valence-corrected chi connectivity index (χ3v) is 5.95. The van der Waals surface area contributed by atoms with E-state index in [4.69, 9.17) is 16.3 Å². The number of nitrogens with zero attached hydrogens (tertiary/aromatic N) is 3. The van der Waals surface area contributed by atoms with E-state index < -0.39 is 15.9 Å². The first-order valence-electron chi connectivity index (χ1n) is 7.91. The molecule has 0 aliphatic carbocycles. The van der Waals surface area contributed by atoms with Crippen LogP contribution in [0, 0.1) is 0 Å². The molecule has 0 fully saturated rings. The quantitative estimate of drug-likeness (QED) is 0.732. The molecule has 0 unspecified atom stereocenters. The maximum absolute atomic E-state index is 12.9. The van der Waals surface area contributed by atoms with Gasteiger partial charge in [0.2, 0.25) is 5.91 Å². The highest BCUT2D eigenvalue weighted by molar-refractivity contribution is 7.89. The molecule has 142 valence electrons. The van der Waals surface area contributed by atoms with Gasteiger partial charge in [0.05, 0.1) is 30.6 Å². The number of anilines is 1. The van der Waals surface area contributed by atoms with Crippen LogP contribution in [0.4, 0.5) is 5.69 Å². The Hall–Kier alpha value is -2.10. The van der Waals surface area contributed by atoms with Gasteiger partial charge >= 0.3 is 0 Å². The van der Waals surface area contributed by atoms with Crippen molar-refractivity contribution in [3.63, 3.8) is 0 Å². The zero-order valence-corrected chi connectivity index (χ0v) is 16.3. The average molecular weight is 401 g/mol. The number of para-hydroxylation sites is 2. The van der Waals surface area contributed by atoms with Gasteiger partial charge in [0.25, 0.3) is 10.0 Å². The number of hydrogen-bond acceptors (Lipinski definition) is 5. The van der Waals surface area contributed by atoms with E-state index in [2.05, 4.69) is 10.4 Å². The number of aryl methyl sites for hydroxylation is 1. The lowest BCUT2D eigenvalue weighted by molar-refractivity contribution is -0.116. The molecule has 0 aliphatic heterocycles. The van der Waals surface area contributed by atoms with Crippen molar-refractivity contribution < 1.29 is 17.9 Å². The Kier molecular flexibility index (Phi) is 6.63. The van der Waals surface area contributed by atoms with Crippen molar-refractivity contribution in [2.45, 2.75) is 18.4 Å². The Balaban J connectivity index is 2.24. The lowest BCUT2D eigenvalue weighted by Gasteiger charge is -2.21. The second-order valence-corrected chi connectivity index (χ2v) is 7.77. The van der Waals surface area contributed by atoms with E-state index in [1.165, 1.54) is 25.0 Å². The predicted octanol–water partition coefficient (Wildman–Crippen LogP) is 2.12. The molecule has 0 spiro atoms. The lowest BCUT2D eigenvalue weighted by atomic mass is 10.3. The van der Waals surface area contributed by atoms with Gasteiger partial charge in [-0.25, -0.2) is 8.42 Å². The molecule has 1 heterocycles. The summed E-state index contributed by atoms with van der Waals surface area (Å²) in [5.74, 6) is 0.00486. The number of rotatable bonds is 8. The van der Waals surface area contributed by atoms with Crippen LogP contribution >= 0.6 is 11.6 Å². The fraction of sp³-hybridized carbons (Fsp3) is 0.375. The first kappa shape index (κ1) is 20.2. The van der Waals surface area contributed by atoms with Gasteiger partial charge in [0.15, 0.2) is 5.03 Å². The number of aromatic nitrogens is 2. The summed E-state index contributed by atoms with van der Waals surface area (Å²) in [6.07, 6.45) is 1.80. The number of carbonyl (C=O) groups excluding carboxylic acids is 1. The van der Waals surface area contributed by atoms with Crippen molar-refractivity contribution in [1.29, 1.82) is 0 Å². The highest BCUT2D eigenvalue weighted by Crippen LogP contribution is 2.25. The molecule has 10 heteroatoms. The molecule has 1 amide bonds. The van der Waals surface area contributed by atoms with Crippen molar-refractivity contribution in [3.05, 3.63) is 35.5 Å². The Labute approximate surface area is 157 Å². The summed E-state index contributed by atoms with van der Waals surface area (Å²) >= 11 is 5.97. The van der Waals surface area contributed by atoms with Crippen molar-refractivity contribution in [2.24, 2.45) is 7.05 Å². The SMILES string of the molecule is CCCN(CC(=O)Nc1ccccc1OC)S(=O)(=O)c1c(Cl)cnn1C. The van der Waals surface area contributed by atoms with Crippen molar-refractivity contribution in [3.8, 4) is 5.75 Å². The van der Waals surface area contributed by atoms with Gasteiger partial charge in [-0.1, -0.05) is 30.7 Å². The Morgan fingerprint density at radius 1 is 1.38 bits per heavy atom. The van der Waals surface area contributed by atoms with E-state index in [0.29, 0.717) is 17.9 Å². The molecule has 8 nitrogen and oxygen atoms in total. The first-order chi connectivity index (χ1) is 12.3. The van der Waals surface area contributed by atoms with Crippen LogP contribution in [-0.2, 0) is 21.9 Å². The van der Waals surface area contributed by atoms with Crippen LogP contribution in [0.5, 0.6) is 5.75 Å². The van der Waals surface area contributed by atoms with Gasteiger partial charge in [-0.2, -0.15) is 9.40 Å². The van der Waals surface area contributed by atoms with Crippen molar-refractivity contribution in [1.82, 2.24) is 14.1 Å². The third kappa shape index (κ3) is 4.35. The minimum absolute atomic E-state index is 0.0127. The summed E-state index contributed by atoms with van der Waals surface area (Å²) in [6, 6.07) is 6.89. The number of hydrogen-bond donors (Lipinski definition) is 1. The highest BCUT2D eigenvalue weighted by atomic mass is 35.5. The van der Waals surface area contributed by atoms with Crippen LogP contribution in [0.2, 0.25) is 5.02 Å². The number of amides is 1. The number of benzene rings is 1. The van der Waals surface area contributed by atoms with Crippen molar-refractivity contribution in [2.75, 3.05) is 25.5 Å². The molecule has 0 atom stereocenters. The number of methoxy groups -OCH3 is 1. The van der Waals surface area contributed by atoms with E-state index in [1.54, 1.807) is 24.3 Å². The molecule has 1 aromatic carbocycles. The zero-order valence-electron chi connectivity index (χ0n) is 14.8. The number of ether oxygens (including phenoxy) is 1. The summed E-state index contributed by atoms with van der Waals surface area (Å²) in [4.78, 5) is 12.4. The second kappa shape index (κ2) is 8.52. The standard InChI is InChI=1S/C16H21ClN4O4S/c1-4-9-21(26(23,24)16-12(17)10-18-20(16)2)11-15(22)19-13-7-5-6-8-14(13)25-3/h5-8,10H,4,9,11H2,1-3H3,(H,19,22). The smallest absolute Gasteiger partial charge is 0.262 e. The molecule has 2 aromatic rings. The van der Waals surface area contributed by atoms with Crippen molar-refractivity contribution >= 4 is 33.2 Å². The Morgan fingerprint density at radius 3 is 2.65 bits per heavy atom. The van der Waals surface area contributed by atoms with Crippen LogP contribution in [0.15, 0.2) is 35.5 Å². The summed E-state index contributed by atoms with van der Waals surface area (Å²) in [5, 5.41) is 6.40. The molecule has 1 aromatic heterocycles. The summed E-state index contributed by atoms with van der Waals surface area (Å²) in [6.45, 7) is 1.64. The van der Waals surface area contributed by atoms with Crippen LogP contribution in [-0.4, -0.2) is 48.6 Å². The van der Waals surface area contributed by atoms with Gasteiger partial charge in [0.1, 0.15) is 5.75 Å². The minimum Gasteiger partial charge on any atom is -0.495 e. The average Bonchev–Trinajstić information content (AvgIpc) is 2.94. The molecule has 0 aliphatic rings. The molecule has 1 N–H and O–H groups in total. The zero-order chi connectivity index (χ0) is 19.3. The molecular weight excluding hydrogens is 380 g/mol. The summed E-state index contributed by atoms with van der Waals surface area (Å²) in [5.41, 5.74) is 0.465. The van der Waals surface area contributed by atoms with E-state index >= 15 is 0 Å². The molecule has 0 saturated heterocycles. The maximum Gasteiger partial charge on any atom is 0.262 e. The van der Waals surface area contributed by atoms with E-state index in [-0.39, 0.29) is 23.1 Å². The van der Waals surface area contributed by atoms with Crippen LogP contribution < -0.4 is 10.1 Å². The number of halogens is 1. The van der Waals surface area contributed by atoms with Gasteiger partial charge in [0, 0.05) is 13.6 Å². The van der Waals surface area contributed by atoms with Crippen LogP contribution in [0.25, 0.3) is 0 Å². The number of nitrogens with one attached hydrogen (secondary N) is 1. The lowest BCUT2D eigenvalue weighted by Crippen LogP contribution is -2.39. The normalized spacial score (nSPS) is 11.6. The minimum atomic E-state index is -3.97. The second-order valence-electron chi connectivity index (χ2n) is 5.51. The fourth-order valence-corrected chi connectivity index (χ4v) is 4.54.